The molecule has 0 spiro atoms. The van der Waals surface area contributed by atoms with Crippen molar-refractivity contribution in [1.82, 2.24) is 5.32 Å². The maximum Gasteiger partial charge on any atom is 0.251 e. The van der Waals surface area contributed by atoms with E-state index in [1.165, 1.54) is 16.1 Å². The van der Waals surface area contributed by atoms with Crippen LogP contribution in [0.5, 0.6) is 0 Å². The average Bonchev–Trinajstić information content (AvgIpc) is 2.78. The second kappa shape index (κ2) is 10.7. The Balaban J connectivity index is 1.65. The molecule has 0 aliphatic rings. The maximum atomic E-state index is 12.6. The molecule has 0 aliphatic heterocycles. The zero-order valence-electron chi connectivity index (χ0n) is 19.7. The molecule has 0 saturated heterocycles. The Morgan fingerprint density at radius 3 is 2.24 bits per heavy atom. The monoisotopic (exact) mass is 464 g/mol. The van der Waals surface area contributed by atoms with Crippen LogP contribution in [0.1, 0.15) is 46.0 Å². The Labute approximate surface area is 197 Å². The zero-order chi connectivity index (χ0) is 24.0. The molecule has 0 radical (unpaired) electrons. The van der Waals surface area contributed by atoms with Crippen molar-refractivity contribution in [1.29, 1.82) is 0 Å². The highest BCUT2D eigenvalue weighted by Crippen LogP contribution is 2.26. The van der Waals surface area contributed by atoms with Crippen LogP contribution in [-0.4, -0.2) is 26.6 Å². The van der Waals surface area contributed by atoms with Crippen molar-refractivity contribution in [2.24, 2.45) is 0 Å². The fourth-order valence-electron chi connectivity index (χ4n) is 3.70. The number of carbonyl (C=O) groups excluding carboxylic acids is 1. The number of aryl methyl sites for hydroxylation is 3. The predicted octanol–water partition coefficient (Wildman–Crippen LogP) is 5.02. The fraction of sp³-hybridized carbons (Fsp3) is 0.296. The summed E-state index contributed by atoms with van der Waals surface area (Å²) in [7, 11) is -3.47. The second-order valence-corrected chi connectivity index (χ2v) is 10.6. The molecule has 0 bridgehead atoms. The summed E-state index contributed by atoms with van der Waals surface area (Å²) in [6, 6.07) is 23.2. The van der Waals surface area contributed by atoms with Gasteiger partial charge in [0.15, 0.2) is 0 Å². The van der Waals surface area contributed by atoms with E-state index in [4.69, 9.17) is 0 Å². The molecule has 0 saturated carbocycles. The van der Waals surface area contributed by atoms with Crippen LogP contribution < -0.4 is 9.62 Å². The first-order valence-corrected chi connectivity index (χ1v) is 13.0. The van der Waals surface area contributed by atoms with E-state index < -0.39 is 10.0 Å². The van der Waals surface area contributed by atoms with Gasteiger partial charge in [-0.1, -0.05) is 54.6 Å². The van der Waals surface area contributed by atoms with E-state index >= 15 is 0 Å². The number of hydrogen-bond donors (Lipinski definition) is 1. The first kappa shape index (κ1) is 24.5. The molecule has 33 heavy (non-hydrogen) atoms. The quantitative estimate of drug-likeness (QED) is 0.483. The van der Waals surface area contributed by atoms with Crippen molar-refractivity contribution in [3.8, 4) is 0 Å². The van der Waals surface area contributed by atoms with Gasteiger partial charge >= 0.3 is 0 Å². The van der Waals surface area contributed by atoms with E-state index in [9.17, 15) is 13.2 Å². The van der Waals surface area contributed by atoms with E-state index in [1.54, 1.807) is 12.1 Å². The van der Waals surface area contributed by atoms with Crippen LogP contribution in [0.15, 0.2) is 72.8 Å². The van der Waals surface area contributed by atoms with E-state index in [0.29, 0.717) is 11.3 Å². The Morgan fingerprint density at radius 1 is 0.939 bits per heavy atom. The topological polar surface area (TPSA) is 66.5 Å². The maximum absolute atomic E-state index is 12.6. The lowest BCUT2D eigenvalue weighted by molar-refractivity contribution is 0.0938. The molecule has 0 unspecified atom stereocenters. The first-order valence-electron chi connectivity index (χ1n) is 11.1. The Hall–Kier alpha value is -3.12. The fourth-order valence-corrected chi connectivity index (χ4v) is 4.64. The van der Waals surface area contributed by atoms with E-state index in [1.807, 2.05) is 69.3 Å². The van der Waals surface area contributed by atoms with E-state index in [-0.39, 0.29) is 18.5 Å². The van der Waals surface area contributed by atoms with Crippen molar-refractivity contribution in [2.45, 2.75) is 46.2 Å². The van der Waals surface area contributed by atoms with Gasteiger partial charge in [0.05, 0.1) is 18.5 Å². The van der Waals surface area contributed by atoms with Gasteiger partial charge in [-0.15, -0.1) is 0 Å². The number of sulfonamides is 1. The molecule has 0 fully saturated rings. The minimum atomic E-state index is -3.47. The first-order chi connectivity index (χ1) is 15.6. The molecule has 0 aromatic heterocycles. The van der Waals surface area contributed by atoms with E-state index in [2.05, 4.69) is 17.4 Å². The summed E-state index contributed by atoms with van der Waals surface area (Å²) >= 11 is 0. The van der Waals surface area contributed by atoms with Crippen LogP contribution in [0.4, 0.5) is 5.69 Å². The lowest BCUT2D eigenvalue weighted by atomic mass is 10.1. The van der Waals surface area contributed by atoms with Gasteiger partial charge in [0.2, 0.25) is 10.0 Å². The van der Waals surface area contributed by atoms with Crippen LogP contribution in [0.2, 0.25) is 0 Å². The smallest absolute Gasteiger partial charge is 0.251 e. The van der Waals surface area contributed by atoms with Gasteiger partial charge in [-0.2, -0.15) is 0 Å². The lowest BCUT2D eigenvalue weighted by Crippen LogP contribution is -2.33. The molecule has 1 amide bonds. The minimum absolute atomic E-state index is 0.0439. The minimum Gasteiger partial charge on any atom is -0.350 e. The molecule has 6 heteroatoms. The molecule has 0 heterocycles. The summed E-state index contributed by atoms with van der Waals surface area (Å²) in [4.78, 5) is 12.6. The number of hydrogen-bond acceptors (Lipinski definition) is 3. The van der Waals surface area contributed by atoms with Crippen molar-refractivity contribution >= 4 is 21.6 Å². The summed E-state index contributed by atoms with van der Waals surface area (Å²) in [5, 5.41) is 3.05. The third-order valence-electron chi connectivity index (χ3n) is 5.66. The highest BCUT2D eigenvalue weighted by Gasteiger charge is 2.20. The average molecular weight is 465 g/mol. The van der Waals surface area contributed by atoms with Gasteiger partial charge in [0.1, 0.15) is 0 Å². The number of nitrogens with one attached hydrogen (secondary N) is 1. The molecule has 1 N–H and O–H groups in total. The number of rotatable bonds is 9. The number of nitrogens with zero attached hydrogens (tertiary/aromatic N) is 1. The largest absolute Gasteiger partial charge is 0.350 e. The van der Waals surface area contributed by atoms with Crippen LogP contribution >= 0.6 is 0 Å². The normalized spacial score (nSPS) is 12.2. The third kappa shape index (κ3) is 6.93. The highest BCUT2D eigenvalue weighted by molar-refractivity contribution is 7.92. The van der Waals surface area contributed by atoms with Crippen molar-refractivity contribution in [3.05, 3.63) is 101 Å². The molecule has 1 atom stereocenters. The second-order valence-electron chi connectivity index (χ2n) is 8.66. The summed E-state index contributed by atoms with van der Waals surface area (Å²) in [6.07, 6.45) is 2.97. The summed E-state index contributed by atoms with van der Waals surface area (Å²) in [5.41, 5.74) is 5.19. The van der Waals surface area contributed by atoms with Crippen molar-refractivity contribution in [2.75, 3.05) is 10.6 Å². The van der Waals surface area contributed by atoms with Gasteiger partial charge in [-0.25, -0.2) is 8.42 Å². The molecular formula is C27H32N2O3S. The number of anilines is 1. The van der Waals surface area contributed by atoms with Gasteiger partial charge in [-0.05, 0) is 74.1 Å². The standard InChI is InChI=1S/C27H32N2O3S/c1-20-10-11-21(2)26(18-20)29(33(4,31)32)19-24-14-16-25(17-15-24)27(30)28-22(3)12-13-23-8-6-5-7-9-23/h5-11,14-18,22H,12-13,19H2,1-4H3,(H,28,30)/t22-/m1/s1. The van der Waals surface area contributed by atoms with Crippen LogP contribution in [-0.2, 0) is 23.0 Å². The number of benzene rings is 3. The highest BCUT2D eigenvalue weighted by atomic mass is 32.2. The molecule has 3 aromatic carbocycles. The molecule has 174 valence electrons. The Kier molecular flexibility index (Phi) is 7.92. The van der Waals surface area contributed by atoms with Gasteiger partial charge in [-0.3, -0.25) is 9.10 Å². The van der Waals surface area contributed by atoms with Crippen molar-refractivity contribution < 1.29 is 13.2 Å². The van der Waals surface area contributed by atoms with Crippen molar-refractivity contribution in [3.63, 3.8) is 0 Å². The van der Waals surface area contributed by atoms with Crippen LogP contribution in [0, 0.1) is 13.8 Å². The molecule has 5 nitrogen and oxygen atoms in total. The number of carbonyl (C=O) groups is 1. The van der Waals surface area contributed by atoms with Crippen LogP contribution in [0.25, 0.3) is 0 Å². The van der Waals surface area contributed by atoms with E-state index in [0.717, 1.165) is 29.5 Å². The summed E-state index contributed by atoms with van der Waals surface area (Å²) in [6.45, 7) is 6.05. The summed E-state index contributed by atoms with van der Waals surface area (Å²) in [5.74, 6) is -0.128. The molecule has 0 aliphatic carbocycles. The van der Waals surface area contributed by atoms with Crippen LogP contribution in [0.3, 0.4) is 0 Å². The molecule has 3 rings (SSSR count). The third-order valence-corrected chi connectivity index (χ3v) is 6.79. The number of amides is 1. The predicted molar refractivity (Wildman–Crippen MR) is 135 cm³/mol. The Bertz CT molecular complexity index is 1190. The van der Waals surface area contributed by atoms with Gasteiger partial charge in [0, 0.05) is 11.6 Å². The molecule has 3 aromatic rings. The van der Waals surface area contributed by atoms with Gasteiger partial charge < -0.3 is 5.32 Å². The zero-order valence-corrected chi connectivity index (χ0v) is 20.5. The lowest BCUT2D eigenvalue weighted by Gasteiger charge is -2.25. The Morgan fingerprint density at radius 2 is 1.61 bits per heavy atom. The summed E-state index contributed by atoms with van der Waals surface area (Å²) < 4.78 is 26.5. The SMILES string of the molecule is Cc1ccc(C)c(N(Cc2ccc(C(=O)N[C@H](C)CCc3ccccc3)cc2)S(C)(=O)=O)c1. The molecular weight excluding hydrogens is 432 g/mol. The van der Waals surface area contributed by atoms with Gasteiger partial charge in [0.25, 0.3) is 5.91 Å².